The van der Waals surface area contributed by atoms with Crippen LogP contribution in [0.25, 0.3) is 21.9 Å². The van der Waals surface area contributed by atoms with Crippen molar-refractivity contribution in [3.63, 3.8) is 0 Å². The van der Waals surface area contributed by atoms with E-state index >= 15 is 0 Å². The Bertz CT molecular complexity index is 1790. The Morgan fingerprint density at radius 1 is 1.03 bits per heavy atom. The number of fused-ring (bicyclic) bond motifs is 2. The Morgan fingerprint density at radius 3 is 2.42 bits per heavy atom. The van der Waals surface area contributed by atoms with Crippen LogP contribution in [0.1, 0.15) is 40.6 Å². The summed E-state index contributed by atoms with van der Waals surface area (Å²) in [6.45, 7) is 7.92. The summed E-state index contributed by atoms with van der Waals surface area (Å²) in [7, 11) is -1.93. The first-order valence-electron chi connectivity index (χ1n) is 11.6. The Kier molecular flexibility index (Phi) is 5.51. The molecule has 2 N–H and O–H groups in total. The van der Waals surface area contributed by atoms with E-state index in [1.165, 1.54) is 3.97 Å². The maximum atomic E-state index is 13.6. The number of aromatic nitrogens is 3. The predicted octanol–water partition coefficient (Wildman–Crippen LogP) is 5.03. The van der Waals surface area contributed by atoms with Crippen molar-refractivity contribution in [1.29, 1.82) is 5.26 Å². The highest BCUT2D eigenvalue weighted by Gasteiger charge is 2.35. The van der Waals surface area contributed by atoms with E-state index in [4.69, 9.17) is 4.98 Å². The van der Waals surface area contributed by atoms with Crippen molar-refractivity contribution in [2.24, 2.45) is 0 Å². The molecule has 0 bridgehead atoms. The fraction of sp³-hybridized carbons (Fsp3) is 0.214. The highest BCUT2D eigenvalue weighted by molar-refractivity contribution is 7.90. The Labute approximate surface area is 210 Å². The molecule has 0 saturated carbocycles. The van der Waals surface area contributed by atoms with Gasteiger partial charge in [-0.2, -0.15) is 5.26 Å². The monoisotopic (exact) mass is 497 g/mol. The molecule has 3 aromatic carbocycles. The lowest BCUT2D eigenvalue weighted by Gasteiger charge is -2.30. The van der Waals surface area contributed by atoms with Gasteiger partial charge in [0, 0.05) is 11.6 Å². The highest BCUT2D eigenvalue weighted by atomic mass is 32.2. The molecule has 8 heteroatoms. The second-order valence-corrected chi connectivity index (χ2v) is 11.2. The van der Waals surface area contributed by atoms with Gasteiger partial charge in [0.05, 0.1) is 33.1 Å². The van der Waals surface area contributed by atoms with E-state index in [2.05, 4.69) is 16.4 Å². The van der Waals surface area contributed by atoms with Crippen LogP contribution < -0.4 is 5.32 Å². The van der Waals surface area contributed by atoms with Crippen LogP contribution in [-0.2, 0) is 15.6 Å². The quantitative estimate of drug-likeness (QED) is 0.354. The van der Waals surface area contributed by atoms with Crippen LogP contribution in [0, 0.1) is 32.1 Å². The first kappa shape index (κ1) is 23.8. The van der Waals surface area contributed by atoms with E-state index in [-0.39, 0.29) is 4.90 Å². The average molecular weight is 498 g/mol. The number of benzene rings is 3. The number of nitriles is 1. The Morgan fingerprint density at radius 2 is 1.75 bits per heavy atom. The molecule has 1 unspecified atom stereocenters. The van der Waals surface area contributed by atoms with Crippen molar-refractivity contribution < 1.29 is 8.42 Å². The summed E-state index contributed by atoms with van der Waals surface area (Å²) >= 11 is 0. The zero-order valence-corrected chi connectivity index (χ0v) is 21.7. The zero-order valence-electron chi connectivity index (χ0n) is 20.8. The standard InChI is InChI=1S/C28H27N5O2S/c1-17-6-9-21(10-7-17)36(34,35)33-13-12-22-25(18(2)14-19(3)26(22)33)28(4,30-5)27-31-23-11-8-20(16-29)15-24(23)32-27/h6-15,30H,1-5H3,(H,31,32). The molecule has 0 fully saturated rings. The van der Waals surface area contributed by atoms with Gasteiger partial charge in [-0.15, -0.1) is 0 Å². The summed E-state index contributed by atoms with van der Waals surface area (Å²) in [5.74, 6) is 0.678. The largest absolute Gasteiger partial charge is 0.340 e. The smallest absolute Gasteiger partial charge is 0.268 e. The van der Waals surface area contributed by atoms with Crippen LogP contribution in [0.4, 0.5) is 0 Å². The predicted molar refractivity (Wildman–Crippen MR) is 141 cm³/mol. The minimum absolute atomic E-state index is 0.245. The van der Waals surface area contributed by atoms with Gasteiger partial charge in [0.2, 0.25) is 0 Å². The van der Waals surface area contributed by atoms with E-state index in [1.54, 1.807) is 42.6 Å². The molecule has 0 saturated heterocycles. The zero-order chi connectivity index (χ0) is 25.8. The third-order valence-corrected chi connectivity index (χ3v) is 8.67. The normalized spacial score (nSPS) is 13.7. The number of rotatable bonds is 5. The molecule has 5 rings (SSSR count). The molecule has 7 nitrogen and oxygen atoms in total. The molecule has 0 spiro atoms. The fourth-order valence-corrected chi connectivity index (χ4v) is 6.46. The van der Waals surface area contributed by atoms with Gasteiger partial charge in [-0.3, -0.25) is 0 Å². The molecule has 2 aromatic heterocycles. The number of nitrogens with one attached hydrogen (secondary N) is 2. The van der Waals surface area contributed by atoms with Crippen molar-refractivity contribution in [1.82, 2.24) is 19.3 Å². The van der Waals surface area contributed by atoms with Gasteiger partial charge in [0.25, 0.3) is 10.0 Å². The van der Waals surface area contributed by atoms with Crippen molar-refractivity contribution in [3.05, 3.63) is 94.4 Å². The van der Waals surface area contributed by atoms with Crippen molar-refractivity contribution >= 4 is 32.0 Å². The van der Waals surface area contributed by atoms with E-state index in [1.807, 2.05) is 52.9 Å². The van der Waals surface area contributed by atoms with E-state index in [9.17, 15) is 13.7 Å². The number of nitrogens with zero attached hydrogens (tertiary/aromatic N) is 3. The highest BCUT2D eigenvalue weighted by Crippen LogP contribution is 2.39. The SMILES string of the molecule is CNC(C)(c1nc2ccc(C#N)cc2[nH]1)c1c(C)cc(C)c2c1ccn2S(=O)(=O)c1ccc(C)cc1. The molecular weight excluding hydrogens is 470 g/mol. The number of H-pyrrole nitrogens is 1. The van der Waals surface area contributed by atoms with Gasteiger partial charge in [-0.05, 0) is 87.8 Å². The average Bonchev–Trinajstić information content (AvgIpc) is 3.49. The fourth-order valence-electron chi connectivity index (χ4n) is 5.05. The first-order valence-corrected chi connectivity index (χ1v) is 13.1. The van der Waals surface area contributed by atoms with Gasteiger partial charge in [0.15, 0.2) is 0 Å². The minimum Gasteiger partial charge on any atom is -0.340 e. The maximum Gasteiger partial charge on any atom is 0.268 e. The van der Waals surface area contributed by atoms with Crippen molar-refractivity contribution in [2.75, 3.05) is 7.05 Å². The van der Waals surface area contributed by atoms with Crippen molar-refractivity contribution in [3.8, 4) is 6.07 Å². The molecule has 2 heterocycles. The number of hydrogen-bond donors (Lipinski definition) is 2. The minimum atomic E-state index is -3.79. The summed E-state index contributed by atoms with van der Waals surface area (Å²) in [6.07, 6.45) is 1.63. The van der Waals surface area contributed by atoms with Crippen LogP contribution in [0.2, 0.25) is 0 Å². The summed E-state index contributed by atoms with van der Waals surface area (Å²) < 4.78 is 28.7. The number of aryl methyl sites for hydroxylation is 3. The molecule has 5 aromatic rings. The molecule has 0 amide bonds. The van der Waals surface area contributed by atoms with Crippen LogP contribution in [0.3, 0.4) is 0 Å². The molecule has 0 radical (unpaired) electrons. The lowest BCUT2D eigenvalue weighted by atomic mass is 9.84. The van der Waals surface area contributed by atoms with Gasteiger partial charge in [0.1, 0.15) is 11.4 Å². The lowest BCUT2D eigenvalue weighted by molar-refractivity contribution is 0.462. The lowest BCUT2D eigenvalue weighted by Crippen LogP contribution is -2.40. The third kappa shape index (κ3) is 3.51. The van der Waals surface area contributed by atoms with Crippen LogP contribution in [0.15, 0.2) is 65.7 Å². The topological polar surface area (TPSA) is 104 Å². The number of hydrogen-bond acceptors (Lipinski definition) is 5. The van der Waals surface area contributed by atoms with Gasteiger partial charge in [-0.1, -0.05) is 23.8 Å². The second kappa shape index (κ2) is 8.33. The van der Waals surface area contributed by atoms with Gasteiger partial charge >= 0.3 is 0 Å². The summed E-state index contributed by atoms with van der Waals surface area (Å²) in [5.41, 5.74) is 5.77. The van der Waals surface area contributed by atoms with E-state index in [0.717, 1.165) is 38.7 Å². The number of imidazole rings is 1. The number of aromatic amines is 1. The molecular formula is C28H27N5O2S. The van der Waals surface area contributed by atoms with Crippen LogP contribution in [-0.4, -0.2) is 29.4 Å². The summed E-state index contributed by atoms with van der Waals surface area (Å²) in [6, 6.07) is 18.3. The molecule has 1 atom stereocenters. The van der Waals surface area contributed by atoms with Gasteiger partial charge < -0.3 is 10.3 Å². The van der Waals surface area contributed by atoms with Crippen LogP contribution >= 0.6 is 0 Å². The van der Waals surface area contributed by atoms with Crippen LogP contribution in [0.5, 0.6) is 0 Å². The third-order valence-electron chi connectivity index (χ3n) is 6.98. The summed E-state index contributed by atoms with van der Waals surface area (Å²) in [4.78, 5) is 8.47. The first-order chi connectivity index (χ1) is 17.1. The van der Waals surface area contributed by atoms with Gasteiger partial charge in [-0.25, -0.2) is 17.4 Å². The molecule has 0 aliphatic carbocycles. The Balaban J connectivity index is 1.76. The second-order valence-electron chi connectivity index (χ2n) is 9.38. The van der Waals surface area contributed by atoms with Crippen molar-refractivity contribution in [2.45, 2.75) is 38.1 Å². The molecule has 0 aliphatic rings. The molecule has 36 heavy (non-hydrogen) atoms. The maximum absolute atomic E-state index is 13.6. The summed E-state index contributed by atoms with van der Waals surface area (Å²) in [5, 5.41) is 13.5. The molecule has 182 valence electrons. The van der Waals surface area contributed by atoms with E-state index in [0.29, 0.717) is 16.9 Å². The van der Waals surface area contributed by atoms with E-state index < -0.39 is 15.6 Å². The Hall–Kier alpha value is -3.93. The molecule has 0 aliphatic heterocycles.